The van der Waals surface area contributed by atoms with Gasteiger partial charge in [0.25, 0.3) is 0 Å². The minimum Gasteiger partial charge on any atom is -0.380 e. The summed E-state index contributed by atoms with van der Waals surface area (Å²) in [5, 5.41) is 0. The highest BCUT2D eigenvalue weighted by Gasteiger charge is 2.22. The number of hydrogen-bond acceptors (Lipinski definition) is 6. The third kappa shape index (κ3) is 5.67. The second kappa shape index (κ2) is 11.4. The molecule has 7 nitrogen and oxygen atoms in total. The van der Waals surface area contributed by atoms with Crippen molar-refractivity contribution >= 4 is 17.0 Å². The van der Waals surface area contributed by atoms with Crippen LogP contribution in [0.25, 0.3) is 11.0 Å². The number of para-hydroxylation sites is 2. The highest BCUT2D eigenvalue weighted by Crippen LogP contribution is 2.23. The molecule has 1 aliphatic rings. The Balaban J connectivity index is 1.53. The van der Waals surface area contributed by atoms with Crippen LogP contribution in [0.2, 0.25) is 0 Å². The van der Waals surface area contributed by atoms with E-state index in [0.717, 1.165) is 70.6 Å². The number of piperazine rings is 1. The first kappa shape index (κ1) is 21.0. The van der Waals surface area contributed by atoms with E-state index in [4.69, 9.17) is 19.2 Å². The van der Waals surface area contributed by atoms with E-state index < -0.39 is 0 Å². The van der Waals surface area contributed by atoms with E-state index in [1.807, 2.05) is 13.8 Å². The Hall–Kier alpha value is -1.67. The van der Waals surface area contributed by atoms with E-state index in [-0.39, 0.29) is 0 Å². The second-order valence-electron chi connectivity index (χ2n) is 6.89. The molecule has 3 rings (SSSR count). The van der Waals surface area contributed by atoms with E-state index in [1.165, 1.54) is 5.52 Å². The molecule has 0 saturated carbocycles. The lowest BCUT2D eigenvalue weighted by Gasteiger charge is -2.35. The fourth-order valence-corrected chi connectivity index (χ4v) is 3.55. The summed E-state index contributed by atoms with van der Waals surface area (Å²) in [5.41, 5.74) is 2.24. The molecule has 1 aliphatic heterocycles. The van der Waals surface area contributed by atoms with Crippen molar-refractivity contribution < 1.29 is 14.2 Å². The normalized spacial score (nSPS) is 15.6. The summed E-state index contributed by atoms with van der Waals surface area (Å²) < 4.78 is 18.8. The number of rotatable bonds is 12. The Labute approximate surface area is 168 Å². The van der Waals surface area contributed by atoms with E-state index in [0.29, 0.717) is 19.8 Å². The second-order valence-corrected chi connectivity index (χ2v) is 6.89. The van der Waals surface area contributed by atoms with E-state index in [2.05, 4.69) is 38.6 Å². The zero-order valence-electron chi connectivity index (χ0n) is 17.3. The van der Waals surface area contributed by atoms with Gasteiger partial charge in [0, 0.05) is 52.5 Å². The average molecular weight is 391 g/mol. The van der Waals surface area contributed by atoms with Crippen LogP contribution in [0.15, 0.2) is 24.3 Å². The monoisotopic (exact) mass is 390 g/mol. The van der Waals surface area contributed by atoms with Crippen LogP contribution >= 0.6 is 0 Å². The summed E-state index contributed by atoms with van der Waals surface area (Å²) in [6, 6.07) is 8.36. The van der Waals surface area contributed by atoms with Crippen LogP contribution in [0.3, 0.4) is 0 Å². The topological polar surface area (TPSA) is 52.0 Å². The first-order valence-electron chi connectivity index (χ1n) is 10.5. The van der Waals surface area contributed by atoms with Crippen molar-refractivity contribution in [3.63, 3.8) is 0 Å². The van der Waals surface area contributed by atoms with E-state index in [1.54, 1.807) is 0 Å². The summed E-state index contributed by atoms with van der Waals surface area (Å²) >= 11 is 0. The van der Waals surface area contributed by atoms with Gasteiger partial charge in [-0.15, -0.1) is 0 Å². The number of anilines is 1. The molecule has 0 unspecified atom stereocenters. The Morgan fingerprint density at radius 3 is 2.29 bits per heavy atom. The average Bonchev–Trinajstić information content (AvgIpc) is 3.10. The first-order chi connectivity index (χ1) is 13.8. The van der Waals surface area contributed by atoms with Crippen LogP contribution in [0.5, 0.6) is 0 Å². The highest BCUT2D eigenvalue weighted by molar-refractivity contribution is 5.78. The molecule has 1 saturated heterocycles. The van der Waals surface area contributed by atoms with Gasteiger partial charge in [-0.1, -0.05) is 12.1 Å². The summed E-state index contributed by atoms with van der Waals surface area (Å²) in [6.45, 7) is 14.2. The molecule has 28 heavy (non-hydrogen) atoms. The van der Waals surface area contributed by atoms with Crippen molar-refractivity contribution in [2.45, 2.75) is 20.4 Å². The number of hydrogen-bond donors (Lipinski definition) is 0. The molecule has 0 N–H and O–H groups in total. The molecular weight excluding hydrogens is 356 g/mol. The highest BCUT2D eigenvalue weighted by atomic mass is 16.5. The van der Waals surface area contributed by atoms with Gasteiger partial charge >= 0.3 is 0 Å². The summed E-state index contributed by atoms with van der Waals surface area (Å²) in [6.07, 6.45) is 0. The number of fused-ring (bicyclic) bond motifs is 1. The van der Waals surface area contributed by atoms with Crippen LogP contribution in [0, 0.1) is 0 Å². The summed E-state index contributed by atoms with van der Waals surface area (Å²) in [5.74, 6) is 1.06. The Morgan fingerprint density at radius 1 is 0.821 bits per heavy atom. The van der Waals surface area contributed by atoms with E-state index in [9.17, 15) is 0 Å². The fraction of sp³-hybridized carbons (Fsp3) is 0.667. The van der Waals surface area contributed by atoms with Crippen molar-refractivity contribution in [2.75, 3.05) is 77.3 Å². The molecular formula is C21H34N4O3. The molecule has 0 bridgehead atoms. The van der Waals surface area contributed by atoms with Crippen LogP contribution in [-0.2, 0) is 20.8 Å². The van der Waals surface area contributed by atoms with Gasteiger partial charge in [-0.05, 0) is 26.0 Å². The summed E-state index contributed by atoms with van der Waals surface area (Å²) in [7, 11) is 0. The van der Waals surface area contributed by atoms with Crippen molar-refractivity contribution in [3.05, 3.63) is 24.3 Å². The van der Waals surface area contributed by atoms with Gasteiger partial charge in [0.1, 0.15) is 0 Å². The molecule has 0 atom stereocenters. The maximum absolute atomic E-state index is 5.65. The van der Waals surface area contributed by atoms with Gasteiger partial charge in [0.2, 0.25) is 5.95 Å². The van der Waals surface area contributed by atoms with Crippen LogP contribution in [0.1, 0.15) is 13.8 Å². The minimum absolute atomic E-state index is 0.678. The molecule has 0 amide bonds. The molecule has 1 fully saturated rings. The van der Waals surface area contributed by atoms with E-state index >= 15 is 0 Å². The lowest BCUT2D eigenvalue weighted by Crippen LogP contribution is -2.48. The van der Waals surface area contributed by atoms with Crippen LogP contribution in [-0.4, -0.2) is 86.8 Å². The van der Waals surface area contributed by atoms with Gasteiger partial charge in [-0.2, -0.15) is 0 Å². The Morgan fingerprint density at radius 2 is 1.50 bits per heavy atom. The number of nitrogens with zero attached hydrogens (tertiary/aromatic N) is 4. The van der Waals surface area contributed by atoms with Crippen molar-refractivity contribution in [2.24, 2.45) is 0 Å². The lowest BCUT2D eigenvalue weighted by atomic mass is 10.3. The third-order valence-corrected chi connectivity index (χ3v) is 5.08. The SMILES string of the molecule is CCOCCOCCN1CCN(c2nc3ccccc3n2CCOCC)CC1. The van der Waals surface area contributed by atoms with Gasteiger partial charge in [0.05, 0.1) is 37.5 Å². The zero-order valence-corrected chi connectivity index (χ0v) is 17.3. The largest absolute Gasteiger partial charge is 0.380 e. The van der Waals surface area contributed by atoms with Crippen LogP contribution in [0.4, 0.5) is 5.95 Å². The maximum Gasteiger partial charge on any atom is 0.206 e. The quantitative estimate of drug-likeness (QED) is 0.518. The van der Waals surface area contributed by atoms with Crippen LogP contribution < -0.4 is 4.90 Å². The maximum atomic E-state index is 5.65. The van der Waals surface area contributed by atoms with Crippen molar-refractivity contribution in [3.8, 4) is 0 Å². The van der Waals surface area contributed by atoms with Gasteiger partial charge in [0.15, 0.2) is 0 Å². The summed E-state index contributed by atoms with van der Waals surface area (Å²) in [4.78, 5) is 9.78. The lowest BCUT2D eigenvalue weighted by molar-refractivity contribution is 0.0422. The van der Waals surface area contributed by atoms with Gasteiger partial charge < -0.3 is 23.7 Å². The molecule has 2 aromatic rings. The molecule has 0 spiro atoms. The van der Waals surface area contributed by atoms with Crippen molar-refractivity contribution in [1.82, 2.24) is 14.5 Å². The number of aromatic nitrogens is 2. The molecule has 0 aliphatic carbocycles. The zero-order chi connectivity index (χ0) is 19.6. The first-order valence-corrected chi connectivity index (χ1v) is 10.5. The molecule has 0 radical (unpaired) electrons. The third-order valence-electron chi connectivity index (χ3n) is 5.08. The van der Waals surface area contributed by atoms with Crippen molar-refractivity contribution in [1.29, 1.82) is 0 Å². The number of imidazole rings is 1. The fourth-order valence-electron chi connectivity index (χ4n) is 3.55. The molecule has 2 heterocycles. The van der Waals surface area contributed by atoms with Gasteiger partial charge in [-0.25, -0.2) is 4.98 Å². The predicted molar refractivity (Wildman–Crippen MR) is 112 cm³/mol. The minimum atomic E-state index is 0.678. The molecule has 156 valence electrons. The van der Waals surface area contributed by atoms with Gasteiger partial charge in [-0.3, -0.25) is 4.90 Å². The standard InChI is InChI=1S/C21H34N4O3/c1-3-26-16-14-25-20-8-6-5-7-19(20)22-21(25)24-11-9-23(10-12-24)13-15-28-18-17-27-4-2/h5-8H,3-4,9-18H2,1-2H3. The number of benzene rings is 1. The number of ether oxygens (including phenoxy) is 3. The predicted octanol–water partition coefficient (Wildman–Crippen LogP) is 2.25. The Bertz CT molecular complexity index is 698. The molecule has 1 aromatic heterocycles. The molecule has 1 aromatic carbocycles. The Kier molecular flexibility index (Phi) is 8.54. The molecule has 7 heteroatoms. The smallest absolute Gasteiger partial charge is 0.206 e.